The fourth-order valence-electron chi connectivity index (χ4n) is 2.63. The number of carbonyl (C=O) groups excluding carboxylic acids is 1. The van der Waals surface area contributed by atoms with Gasteiger partial charge in [-0.15, -0.1) is 0 Å². The Balaban J connectivity index is 1.77. The van der Waals surface area contributed by atoms with Gasteiger partial charge in [-0.05, 0) is 25.8 Å². The Morgan fingerprint density at radius 2 is 2.38 bits per heavy atom. The van der Waals surface area contributed by atoms with Crippen LogP contribution in [0.15, 0.2) is 0 Å². The Hall–Kier alpha value is -0.770. The number of carbonyl (C=O) groups is 1. The SMILES string of the molecule is CCCCOC(=O)N1CCC2(CCNC2)C1. The summed E-state index contributed by atoms with van der Waals surface area (Å²) in [4.78, 5) is 13.6. The maximum Gasteiger partial charge on any atom is 0.409 e. The Morgan fingerprint density at radius 1 is 1.50 bits per heavy atom. The highest BCUT2D eigenvalue weighted by molar-refractivity contribution is 5.68. The van der Waals surface area contributed by atoms with Crippen molar-refractivity contribution in [1.29, 1.82) is 0 Å². The first-order valence-corrected chi connectivity index (χ1v) is 6.38. The van der Waals surface area contributed by atoms with Crippen molar-refractivity contribution in [3.8, 4) is 0 Å². The van der Waals surface area contributed by atoms with Gasteiger partial charge in [-0.1, -0.05) is 13.3 Å². The monoisotopic (exact) mass is 226 g/mol. The van der Waals surface area contributed by atoms with Crippen molar-refractivity contribution < 1.29 is 9.53 Å². The molecule has 2 rings (SSSR count). The van der Waals surface area contributed by atoms with Crippen LogP contribution in [0.1, 0.15) is 32.6 Å². The number of ether oxygens (including phenoxy) is 1. The molecule has 1 unspecified atom stereocenters. The van der Waals surface area contributed by atoms with Gasteiger partial charge < -0.3 is 15.0 Å². The molecule has 1 amide bonds. The summed E-state index contributed by atoms with van der Waals surface area (Å²) < 4.78 is 5.24. The largest absolute Gasteiger partial charge is 0.449 e. The van der Waals surface area contributed by atoms with E-state index in [9.17, 15) is 4.79 Å². The van der Waals surface area contributed by atoms with E-state index in [1.807, 2.05) is 4.90 Å². The smallest absolute Gasteiger partial charge is 0.409 e. The summed E-state index contributed by atoms with van der Waals surface area (Å²) in [5.41, 5.74) is 0.351. The Labute approximate surface area is 97.3 Å². The van der Waals surface area contributed by atoms with Crippen LogP contribution in [0.5, 0.6) is 0 Å². The average molecular weight is 226 g/mol. The number of hydrogen-bond acceptors (Lipinski definition) is 3. The van der Waals surface area contributed by atoms with E-state index in [0.29, 0.717) is 12.0 Å². The fraction of sp³-hybridized carbons (Fsp3) is 0.917. The lowest BCUT2D eigenvalue weighted by molar-refractivity contribution is 0.105. The lowest BCUT2D eigenvalue weighted by atomic mass is 9.87. The highest BCUT2D eigenvalue weighted by Gasteiger charge is 2.42. The number of likely N-dealkylation sites (tertiary alicyclic amines) is 1. The van der Waals surface area contributed by atoms with Crippen molar-refractivity contribution in [2.24, 2.45) is 5.41 Å². The molecule has 2 heterocycles. The molecule has 16 heavy (non-hydrogen) atoms. The highest BCUT2D eigenvalue weighted by atomic mass is 16.6. The molecule has 0 bridgehead atoms. The van der Waals surface area contributed by atoms with Crippen molar-refractivity contribution in [2.75, 3.05) is 32.8 Å². The lowest BCUT2D eigenvalue weighted by Gasteiger charge is -2.22. The highest BCUT2D eigenvalue weighted by Crippen LogP contribution is 2.36. The molecule has 0 radical (unpaired) electrons. The van der Waals surface area contributed by atoms with E-state index >= 15 is 0 Å². The van der Waals surface area contributed by atoms with Crippen LogP contribution in [0.2, 0.25) is 0 Å². The number of nitrogens with zero attached hydrogens (tertiary/aromatic N) is 1. The summed E-state index contributed by atoms with van der Waals surface area (Å²) in [7, 11) is 0. The van der Waals surface area contributed by atoms with Gasteiger partial charge in [0.05, 0.1) is 6.61 Å². The summed E-state index contributed by atoms with van der Waals surface area (Å²) in [6.07, 6.45) is 4.25. The van der Waals surface area contributed by atoms with Gasteiger partial charge >= 0.3 is 6.09 Å². The molecule has 2 aliphatic rings. The standard InChI is InChI=1S/C12H22N2O2/c1-2-3-8-16-11(15)14-7-5-12(10-14)4-6-13-9-12/h13H,2-10H2,1H3. The van der Waals surface area contributed by atoms with E-state index < -0.39 is 0 Å². The van der Waals surface area contributed by atoms with Crippen molar-refractivity contribution >= 4 is 6.09 Å². The van der Waals surface area contributed by atoms with E-state index in [2.05, 4.69) is 12.2 Å². The second kappa shape index (κ2) is 5.04. The molecule has 0 aromatic carbocycles. The van der Waals surface area contributed by atoms with E-state index in [-0.39, 0.29) is 6.09 Å². The van der Waals surface area contributed by atoms with Crippen LogP contribution in [0.25, 0.3) is 0 Å². The molecule has 2 fully saturated rings. The molecule has 4 heteroatoms. The third-order valence-corrected chi connectivity index (χ3v) is 3.75. The van der Waals surface area contributed by atoms with Crippen molar-refractivity contribution in [2.45, 2.75) is 32.6 Å². The normalized spacial score (nSPS) is 28.9. The molecule has 92 valence electrons. The predicted molar refractivity (Wildman–Crippen MR) is 62.4 cm³/mol. The number of nitrogens with one attached hydrogen (secondary N) is 1. The minimum absolute atomic E-state index is 0.114. The van der Waals surface area contributed by atoms with Crippen molar-refractivity contribution in [1.82, 2.24) is 10.2 Å². The van der Waals surface area contributed by atoms with Gasteiger partial charge in [-0.3, -0.25) is 0 Å². The zero-order valence-electron chi connectivity index (χ0n) is 10.1. The van der Waals surface area contributed by atoms with Gasteiger partial charge in [0.15, 0.2) is 0 Å². The van der Waals surface area contributed by atoms with Crippen LogP contribution in [0.4, 0.5) is 4.79 Å². The molecule has 1 atom stereocenters. The Bertz CT molecular complexity index is 249. The zero-order chi connectivity index (χ0) is 11.4. The number of unbranched alkanes of at least 4 members (excludes halogenated alkanes) is 1. The van der Waals surface area contributed by atoms with Crippen LogP contribution in [0.3, 0.4) is 0 Å². The Kier molecular flexibility index (Phi) is 3.69. The molecule has 1 spiro atoms. The molecule has 2 aliphatic heterocycles. The molecule has 0 aromatic heterocycles. The van der Waals surface area contributed by atoms with E-state index in [1.165, 1.54) is 6.42 Å². The number of rotatable bonds is 3. The summed E-state index contributed by atoms with van der Waals surface area (Å²) in [5, 5.41) is 3.39. The first-order chi connectivity index (χ1) is 7.76. The minimum Gasteiger partial charge on any atom is -0.449 e. The second-order valence-electron chi connectivity index (χ2n) is 5.07. The topological polar surface area (TPSA) is 41.6 Å². The van der Waals surface area contributed by atoms with Gasteiger partial charge in [0.1, 0.15) is 0 Å². The van der Waals surface area contributed by atoms with E-state index in [1.54, 1.807) is 0 Å². The van der Waals surface area contributed by atoms with Gasteiger partial charge in [0.2, 0.25) is 0 Å². The summed E-state index contributed by atoms with van der Waals surface area (Å²) in [6, 6.07) is 0. The quantitative estimate of drug-likeness (QED) is 0.743. The lowest BCUT2D eigenvalue weighted by Crippen LogP contribution is -2.33. The fourth-order valence-corrected chi connectivity index (χ4v) is 2.63. The van der Waals surface area contributed by atoms with Crippen LogP contribution in [-0.2, 0) is 4.74 Å². The van der Waals surface area contributed by atoms with Crippen LogP contribution in [-0.4, -0.2) is 43.8 Å². The molecular weight excluding hydrogens is 204 g/mol. The summed E-state index contributed by atoms with van der Waals surface area (Å²) in [5.74, 6) is 0. The summed E-state index contributed by atoms with van der Waals surface area (Å²) >= 11 is 0. The molecule has 2 saturated heterocycles. The molecule has 4 nitrogen and oxygen atoms in total. The first-order valence-electron chi connectivity index (χ1n) is 6.38. The van der Waals surface area contributed by atoms with Crippen molar-refractivity contribution in [3.05, 3.63) is 0 Å². The van der Waals surface area contributed by atoms with Gasteiger partial charge in [0, 0.05) is 25.0 Å². The maximum absolute atomic E-state index is 11.7. The molecule has 0 saturated carbocycles. The molecular formula is C12H22N2O2. The predicted octanol–water partition coefficient (Wildman–Crippen LogP) is 1.61. The second-order valence-corrected chi connectivity index (χ2v) is 5.07. The third kappa shape index (κ3) is 2.48. The van der Waals surface area contributed by atoms with Crippen LogP contribution in [0, 0.1) is 5.41 Å². The van der Waals surface area contributed by atoms with Gasteiger partial charge in [0.25, 0.3) is 0 Å². The molecule has 1 N–H and O–H groups in total. The Morgan fingerprint density at radius 3 is 3.06 bits per heavy atom. The maximum atomic E-state index is 11.7. The minimum atomic E-state index is -0.114. The van der Waals surface area contributed by atoms with E-state index in [4.69, 9.17) is 4.74 Å². The van der Waals surface area contributed by atoms with Crippen molar-refractivity contribution in [3.63, 3.8) is 0 Å². The van der Waals surface area contributed by atoms with Gasteiger partial charge in [-0.2, -0.15) is 0 Å². The number of amides is 1. The molecule has 0 aliphatic carbocycles. The average Bonchev–Trinajstić information content (AvgIpc) is 2.90. The number of hydrogen-bond donors (Lipinski definition) is 1. The van der Waals surface area contributed by atoms with Crippen LogP contribution >= 0.6 is 0 Å². The first kappa shape index (κ1) is 11.7. The molecule has 0 aromatic rings. The van der Waals surface area contributed by atoms with Gasteiger partial charge in [-0.25, -0.2) is 4.79 Å². The third-order valence-electron chi connectivity index (χ3n) is 3.75. The van der Waals surface area contributed by atoms with E-state index in [0.717, 1.165) is 45.4 Å². The summed E-state index contributed by atoms with van der Waals surface area (Å²) in [6.45, 7) is 6.57. The van der Waals surface area contributed by atoms with Crippen LogP contribution < -0.4 is 5.32 Å². The zero-order valence-corrected chi connectivity index (χ0v) is 10.1.